The third kappa shape index (κ3) is 5.38. The Balaban J connectivity index is 2.99. The molecule has 0 aromatic heterocycles. The van der Waals surface area contributed by atoms with Gasteiger partial charge in [-0.1, -0.05) is 24.6 Å². The van der Waals surface area contributed by atoms with Crippen LogP contribution in [0.5, 0.6) is 5.75 Å². The second-order valence-electron chi connectivity index (χ2n) is 4.49. The Kier molecular flexibility index (Phi) is 6.10. The highest BCUT2D eigenvalue weighted by molar-refractivity contribution is 7.90. The first kappa shape index (κ1) is 16.3. The van der Waals surface area contributed by atoms with E-state index in [4.69, 9.17) is 16.3 Å². The minimum atomic E-state index is -3.07. The molecular formula is C13H20ClNO3S. The van der Waals surface area contributed by atoms with Crippen LogP contribution in [0.2, 0.25) is 5.02 Å². The van der Waals surface area contributed by atoms with Crippen LogP contribution in [0.1, 0.15) is 24.9 Å². The Bertz CT molecular complexity index is 517. The number of ether oxygens (including phenoxy) is 1. The van der Waals surface area contributed by atoms with Crippen molar-refractivity contribution in [2.24, 2.45) is 0 Å². The smallest absolute Gasteiger partial charge is 0.149 e. The number of nitrogens with one attached hydrogen (secondary N) is 1. The highest BCUT2D eigenvalue weighted by atomic mass is 35.5. The lowest BCUT2D eigenvalue weighted by molar-refractivity contribution is 0.414. The Morgan fingerprint density at radius 3 is 2.58 bits per heavy atom. The molecule has 6 heteroatoms. The monoisotopic (exact) mass is 305 g/mol. The Hall–Kier alpha value is -0.780. The van der Waals surface area contributed by atoms with E-state index in [1.54, 1.807) is 19.2 Å². The van der Waals surface area contributed by atoms with Crippen molar-refractivity contribution in [3.05, 3.63) is 28.8 Å². The molecule has 0 amide bonds. The van der Waals surface area contributed by atoms with Crippen molar-refractivity contribution in [3.63, 3.8) is 0 Å². The van der Waals surface area contributed by atoms with Gasteiger partial charge in [-0.05, 0) is 30.7 Å². The molecule has 0 saturated carbocycles. The number of sulfone groups is 1. The molecule has 0 saturated heterocycles. The van der Waals surface area contributed by atoms with Crippen molar-refractivity contribution < 1.29 is 13.2 Å². The highest BCUT2D eigenvalue weighted by Crippen LogP contribution is 2.28. The van der Waals surface area contributed by atoms with Crippen molar-refractivity contribution >= 4 is 21.4 Å². The predicted molar refractivity (Wildman–Crippen MR) is 78.7 cm³/mol. The van der Waals surface area contributed by atoms with E-state index in [9.17, 15) is 8.42 Å². The topological polar surface area (TPSA) is 55.4 Å². The average Bonchev–Trinajstić information content (AvgIpc) is 2.33. The van der Waals surface area contributed by atoms with E-state index in [0.29, 0.717) is 10.8 Å². The normalized spacial score (nSPS) is 13.3. The molecule has 0 aliphatic heterocycles. The van der Waals surface area contributed by atoms with Gasteiger partial charge in [0.25, 0.3) is 0 Å². The van der Waals surface area contributed by atoms with E-state index >= 15 is 0 Å². The first-order valence-corrected chi connectivity index (χ1v) is 8.55. The summed E-state index contributed by atoms with van der Waals surface area (Å²) < 4.78 is 28.1. The van der Waals surface area contributed by atoms with E-state index < -0.39 is 9.84 Å². The Labute approximate surface area is 120 Å². The van der Waals surface area contributed by atoms with E-state index in [0.717, 1.165) is 18.5 Å². The molecule has 1 aromatic carbocycles. The lowest BCUT2D eigenvalue weighted by atomic mass is 10.1. The summed E-state index contributed by atoms with van der Waals surface area (Å²) in [5.74, 6) is 0.634. The van der Waals surface area contributed by atoms with Gasteiger partial charge in [-0.2, -0.15) is 0 Å². The summed E-state index contributed by atoms with van der Waals surface area (Å²) in [5, 5.41) is 3.71. The van der Waals surface area contributed by atoms with Crippen LogP contribution < -0.4 is 10.1 Å². The maximum atomic E-state index is 11.5. The number of rotatable bonds is 7. The molecule has 1 aromatic rings. The molecule has 108 valence electrons. The number of hydrogen-bond donors (Lipinski definition) is 1. The molecule has 1 atom stereocenters. The summed E-state index contributed by atoms with van der Waals surface area (Å²) in [6.07, 6.45) is 2.17. The number of methoxy groups -OCH3 is 1. The minimum absolute atomic E-state index is 0.0512. The van der Waals surface area contributed by atoms with Gasteiger partial charge in [0.2, 0.25) is 0 Å². The van der Waals surface area contributed by atoms with Crippen LogP contribution in [0.25, 0.3) is 0 Å². The summed E-state index contributed by atoms with van der Waals surface area (Å²) in [4.78, 5) is 0. The molecule has 1 N–H and O–H groups in total. The Morgan fingerprint density at radius 1 is 1.42 bits per heavy atom. The zero-order chi connectivity index (χ0) is 14.5. The third-order valence-corrected chi connectivity index (χ3v) is 3.92. The standard InChI is InChI=1S/C13H20ClNO3S/c1-4-7-15-12(9-19(3,16)17)10-5-6-13(18-2)11(14)8-10/h5-6,8,12,15H,4,7,9H2,1-3H3. The van der Waals surface area contributed by atoms with Crippen LogP contribution in [0.3, 0.4) is 0 Å². The summed E-state index contributed by atoms with van der Waals surface area (Å²) in [7, 11) is -1.52. The fraction of sp³-hybridized carbons (Fsp3) is 0.538. The van der Waals surface area contributed by atoms with Crippen LogP contribution in [0.15, 0.2) is 18.2 Å². The quantitative estimate of drug-likeness (QED) is 0.840. The second-order valence-corrected chi connectivity index (χ2v) is 7.09. The van der Waals surface area contributed by atoms with Crippen molar-refractivity contribution in [3.8, 4) is 5.75 Å². The van der Waals surface area contributed by atoms with Crippen LogP contribution in [0.4, 0.5) is 0 Å². The SMILES string of the molecule is CCCNC(CS(C)(=O)=O)c1ccc(OC)c(Cl)c1. The van der Waals surface area contributed by atoms with Crippen molar-refractivity contribution in [1.82, 2.24) is 5.32 Å². The average molecular weight is 306 g/mol. The van der Waals surface area contributed by atoms with E-state index in [-0.39, 0.29) is 11.8 Å². The van der Waals surface area contributed by atoms with E-state index in [1.165, 1.54) is 6.26 Å². The van der Waals surface area contributed by atoms with Gasteiger partial charge in [0.1, 0.15) is 15.6 Å². The van der Waals surface area contributed by atoms with Gasteiger partial charge < -0.3 is 10.1 Å². The van der Waals surface area contributed by atoms with Gasteiger partial charge in [-0.15, -0.1) is 0 Å². The molecule has 0 heterocycles. The maximum Gasteiger partial charge on any atom is 0.149 e. The highest BCUT2D eigenvalue weighted by Gasteiger charge is 2.17. The van der Waals surface area contributed by atoms with Crippen LogP contribution in [-0.2, 0) is 9.84 Å². The number of hydrogen-bond acceptors (Lipinski definition) is 4. The maximum absolute atomic E-state index is 11.5. The lowest BCUT2D eigenvalue weighted by Crippen LogP contribution is -2.28. The third-order valence-electron chi connectivity index (χ3n) is 2.69. The lowest BCUT2D eigenvalue weighted by Gasteiger charge is -2.19. The summed E-state index contributed by atoms with van der Waals surface area (Å²) in [6, 6.07) is 5.08. The number of benzene rings is 1. The molecular weight excluding hydrogens is 286 g/mol. The number of halogens is 1. The van der Waals surface area contributed by atoms with Crippen LogP contribution >= 0.6 is 11.6 Å². The van der Waals surface area contributed by atoms with Crippen molar-refractivity contribution in [1.29, 1.82) is 0 Å². The largest absolute Gasteiger partial charge is 0.495 e. The van der Waals surface area contributed by atoms with Crippen molar-refractivity contribution in [2.45, 2.75) is 19.4 Å². The van der Waals surface area contributed by atoms with Gasteiger partial charge in [0.15, 0.2) is 0 Å². The second kappa shape index (κ2) is 7.12. The van der Waals surface area contributed by atoms with Gasteiger partial charge >= 0.3 is 0 Å². The molecule has 19 heavy (non-hydrogen) atoms. The molecule has 0 spiro atoms. The van der Waals surface area contributed by atoms with E-state index in [2.05, 4.69) is 5.32 Å². The molecule has 1 unspecified atom stereocenters. The minimum Gasteiger partial charge on any atom is -0.495 e. The zero-order valence-electron chi connectivity index (χ0n) is 11.4. The summed E-state index contributed by atoms with van der Waals surface area (Å²) in [6.45, 7) is 2.79. The molecule has 4 nitrogen and oxygen atoms in total. The van der Waals surface area contributed by atoms with Gasteiger partial charge in [0.05, 0.1) is 17.9 Å². The van der Waals surface area contributed by atoms with Gasteiger partial charge in [-0.3, -0.25) is 0 Å². The fourth-order valence-corrected chi connectivity index (χ4v) is 2.98. The first-order chi connectivity index (χ1) is 8.87. The zero-order valence-corrected chi connectivity index (χ0v) is 13.0. The first-order valence-electron chi connectivity index (χ1n) is 6.12. The molecule has 0 bridgehead atoms. The van der Waals surface area contributed by atoms with E-state index in [1.807, 2.05) is 13.0 Å². The molecule has 0 aliphatic rings. The van der Waals surface area contributed by atoms with Crippen molar-refractivity contribution in [2.75, 3.05) is 25.7 Å². The molecule has 0 radical (unpaired) electrons. The predicted octanol–water partition coefficient (Wildman–Crippen LogP) is 2.43. The molecule has 0 aliphatic carbocycles. The molecule has 1 rings (SSSR count). The fourth-order valence-electron chi connectivity index (χ4n) is 1.79. The van der Waals surface area contributed by atoms with Crippen LogP contribution in [-0.4, -0.2) is 34.1 Å². The van der Waals surface area contributed by atoms with Gasteiger partial charge in [-0.25, -0.2) is 8.42 Å². The van der Waals surface area contributed by atoms with Gasteiger partial charge in [0, 0.05) is 12.3 Å². The molecule has 0 fully saturated rings. The summed E-state index contributed by atoms with van der Waals surface area (Å²) >= 11 is 6.08. The Morgan fingerprint density at radius 2 is 2.11 bits per heavy atom. The summed E-state index contributed by atoms with van der Waals surface area (Å²) in [5.41, 5.74) is 0.852. The van der Waals surface area contributed by atoms with Crippen LogP contribution in [0, 0.1) is 0 Å².